The van der Waals surface area contributed by atoms with Gasteiger partial charge in [0.25, 0.3) is 5.56 Å². The molecule has 2 aromatic rings. The van der Waals surface area contributed by atoms with Gasteiger partial charge >= 0.3 is 0 Å². The lowest BCUT2D eigenvalue weighted by Crippen LogP contribution is -2.24. The minimum atomic E-state index is 0.107. The van der Waals surface area contributed by atoms with Crippen LogP contribution in [0.15, 0.2) is 45.2 Å². The van der Waals surface area contributed by atoms with Gasteiger partial charge in [-0.25, -0.2) is 4.98 Å². The predicted molar refractivity (Wildman–Crippen MR) is 97.0 cm³/mol. The van der Waals surface area contributed by atoms with Crippen molar-refractivity contribution in [2.24, 2.45) is 0 Å². The Hall–Kier alpha value is -1.20. The number of aromatic nitrogens is 2. The van der Waals surface area contributed by atoms with Crippen LogP contribution in [0.2, 0.25) is 0 Å². The second-order valence-corrected chi connectivity index (χ2v) is 9.02. The molecule has 1 aromatic heterocycles. The molecule has 1 atom stereocenters. The molecule has 1 unspecified atom stereocenters. The Bertz CT molecular complexity index is 767. The Morgan fingerprint density at radius 2 is 1.96 bits per heavy atom. The van der Waals surface area contributed by atoms with Gasteiger partial charge in [-0.2, -0.15) is 0 Å². The molecule has 0 saturated heterocycles. The number of fused-ring (bicyclic) bond motifs is 1. The van der Waals surface area contributed by atoms with Crippen LogP contribution in [0.25, 0.3) is 5.69 Å². The van der Waals surface area contributed by atoms with Crippen LogP contribution >= 0.6 is 23.5 Å². The Morgan fingerprint density at radius 3 is 2.70 bits per heavy atom. The fourth-order valence-corrected chi connectivity index (χ4v) is 5.76. The number of thioether (sulfide) groups is 2. The van der Waals surface area contributed by atoms with E-state index in [1.807, 2.05) is 34.9 Å². The summed E-state index contributed by atoms with van der Waals surface area (Å²) in [4.78, 5) is 18.8. The molecule has 3 nitrogen and oxygen atoms in total. The van der Waals surface area contributed by atoms with E-state index in [9.17, 15) is 4.79 Å². The smallest absolute Gasteiger partial charge is 0.268 e. The summed E-state index contributed by atoms with van der Waals surface area (Å²) in [5.74, 6) is 0. The van der Waals surface area contributed by atoms with Gasteiger partial charge in [0.1, 0.15) is 0 Å². The number of rotatable bonds is 3. The van der Waals surface area contributed by atoms with E-state index in [-0.39, 0.29) is 5.56 Å². The number of hydrogen-bond acceptors (Lipinski definition) is 4. The summed E-state index contributed by atoms with van der Waals surface area (Å²) in [6, 6.07) is 9.94. The van der Waals surface area contributed by atoms with Crippen molar-refractivity contribution in [2.45, 2.75) is 59.6 Å². The molecule has 5 heteroatoms. The molecule has 2 heterocycles. The van der Waals surface area contributed by atoms with E-state index >= 15 is 0 Å². The maximum Gasteiger partial charge on any atom is 0.272 e. The van der Waals surface area contributed by atoms with Gasteiger partial charge < -0.3 is 0 Å². The molecule has 0 amide bonds. The van der Waals surface area contributed by atoms with E-state index in [0.717, 1.165) is 27.9 Å². The summed E-state index contributed by atoms with van der Waals surface area (Å²) in [5.41, 5.74) is 2.03. The molecule has 0 bridgehead atoms. The SMILES string of the molecule is CC1Cc2nc(SC3CCCC3)n(-c3ccccc3)c(=O)c2S1. The lowest BCUT2D eigenvalue weighted by Gasteiger charge is -2.16. The quantitative estimate of drug-likeness (QED) is 0.778. The maximum absolute atomic E-state index is 13.1. The van der Waals surface area contributed by atoms with Crippen LogP contribution in [-0.4, -0.2) is 20.1 Å². The van der Waals surface area contributed by atoms with E-state index in [0.29, 0.717) is 10.5 Å². The topological polar surface area (TPSA) is 34.9 Å². The van der Waals surface area contributed by atoms with Crippen molar-refractivity contribution in [3.8, 4) is 5.69 Å². The van der Waals surface area contributed by atoms with Gasteiger partial charge in [0, 0.05) is 16.9 Å². The van der Waals surface area contributed by atoms with Crippen LogP contribution in [0.3, 0.4) is 0 Å². The molecule has 1 aromatic carbocycles. The first-order chi connectivity index (χ1) is 11.2. The minimum absolute atomic E-state index is 0.107. The molecule has 1 fully saturated rings. The summed E-state index contributed by atoms with van der Waals surface area (Å²) in [5, 5.41) is 1.92. The van der Waals surface area contributed by atoms with Crippen LogP contribution in [0.4, 0.5) is 0 Å². The average molecular weight is 345 g/mol. The Morgan fingerprint density at radius 1 is 1.22 bits per heavy atom. The standard InChI is InChI=1S/C18H20N2OS2/c1-12-11-15-16(22-12)17(21)20(13-7-3-2-4-8-13)18(19-15)23-14-9-5-6-10-14/h2-4,7-8,12,14H,5-6,9-11H2,1H3. The van der Waals surface area contributed by atoms with Crippen molar-refractivity contribution >= 4 is 23.5 Å². The molecule has 23 heavy (non-hydrogen) atoms. The van der Waals surface area contributed by atoms with E-state index in [2.05, 4.69) is 6.92 Å². The normalized spacial score (nSPS) is 20.8. The molecule has 0 N–H and O–H groups in total. The monoisotopic (exact) mass is 344 g/mol. The number of nitrogens with zero attached hydrogens (tertiary/aromatic N) is 2. The molecule has 1 aliphatic carbocycles. The zero-order valence-electron chi connectivity index (χ0n) is 13.2. The van der Waals surface area contributed by atoms with Crippen molar-refractivity contribution in [1.29, 1.82) is 0 Å². The third-order valence-corrected chi connectivity index (χ3v) is 6.97. The van der Waals surface area contributed by atoms with Crippen LogP contribution in [0, 0.1) is 0 Å². The van der Waals surface area contributed by atoms with Crippen molar-refractivity contribution in [3.05, 3.63) is 46.4 Å². The van der Waals surface area contributed by atoms with Gasteiger partial charge in [0.15, 0.2) is 5.16 Å². The summed E-state index contributed by atoms with van der Waals surface area (Å²) in [6.45, 7) is 2.17. The van der Waals surface area contributed by atoms with Crippen molar-refractivity contribution in [3.63, 3.8) is 0 Å². The third kappa shape index (κ3) is 2.96. The molecule has 4 rings (SSSR count). The van der Waals surface area contributed by atoms with E-state index < -0.39 is 0 Å². The Balaban J connectivity index is 1.84. The van der Waals surface area contributed by atoms with Gasteiger partial charge in [-0.05, 0) is 25.0 Å². The zero-order chi connectivity index (χ0) is 15.8. The van der Waals surface area contributed by atoms with Crippen molar-refractivity contribution in [2.75, 3.05) is 0 Å². The average Bonchev–Trinajstić information content (AvgIpc) is 3.18. The van der Waals surface area contributed by atoms with Gasteiger partial charge in [0.2, 0.25) is 0 Å². The van der Waals surface area contributed by atoms with Gasteiger partial charge in [-0.1, -0.05) is 49.7 Å². The van der Waals surface area contributed by atoms with Crippen LogP contribution in [0.5, 0.6) is 0 Å². The van der Waals surface area contributed by atoms with E-state index in [4.69, 9.17) is 4.98 Å². The molecule has 120 valence electrons. The molecular formula is C18H20N2OS2. The van der Waals surface area contributed by atoms with Gasteiger partial charge in [0.05, 0.1) is 16.3 Å². The predicted octanol–water partition coefficient (Wildman–Crippen LogP) is 4.30. The zero-order valence-corrected chi connectivity index (χ0v) is 14.8. The molecule has 0 spiro atoms. The van der Waals surface area contributed by atoms with Crippen molar-refractivity contribution in [1.82, 2.24) is 9.55 Å². The van der Waals surface area contributed by atoms with E-state index in [1.165, 1.54) is 25.7 Å². The number of para-hydroxylation sites is 1. The molecule has 1 saturated carbocycles. The second kappa shape index (κ2) is 6.36. The fraction of sp³-hybridized carbons (Fsp3) is 0.444. The minimum Gasteiger partial charge on any atom is -0.268 e. The first-order valence-electron chi connectivity index (χ1n) is 8.27. The first kappa shape index (κ1) is 15.3. The molecule has 2 aliphatic rings. The molecule has 0 radical (unpaired) electrons. The van der Waals surface area contributed by atoms with Crippen LogP contribution < -0.4 is 5.56 Å². The van der Waals surface area contributed by atoms with E-state index in [1.54, 1.807) is 23.5 Å². The summed E-state index contributed by atoms with van der Waals surface area (Å²) >= 11 is 3.47. The van der Waals surface area contributed by atoms with Crippen molar-refractivity contribution < 1.29 is 0 Å². The molecular weight excluding hydrogens is 324 g/mol. The van der Waals surface area contributed by atoms with Gasteiger partial charge in [-0.15, -0.1) is 11.8 Å². The van der Waals surface area contributed by atoms with Crippen LogP contribution in [0.1, 0.15) is 38.3 Å². The highest BCUT2D eigenvalue weighted by molar-refractivity contribution is 8.00. The lowest BCUT2D eigenvalue weighted by molar-refractivity contribution is 0.726. The first-order valence-corrected chi connectivity index (χ1v) is 10.0. The fourth-order valence-electron chi connectivity index (χ4n) is 3.34. The number of benzene rings is 1. The highest BCUT2D eigenvalue weighted by atomic mass is 32.2. The highest BCUT2D eigenvalue weighted by Crippen LogP contribution is 2.38. The Labute approximate surface area is 144 Å². The Kier molecular flexibility index (Phi) is 4.24. The third-order valence-electron chi connectivity index (χ3n) is 4.47. The summed E-state index contributed by atoms with van der Waals surface area (Å²) in [7, 11) is 0. The second-order valence-electron chi connectivity index (χ2n) is 6.30. The maximum atomic E-state index is 13.1. The summed E-state index contributed by atoms with van der Waals surface area (Å²) in [6.07, 6.45) is 5.97. The lowest BCUT2D eigenvalue weighted by atomic mass is 10.2. The van der Waals surface area contributed by atoms with Gasteiger partial charge in [-0.3, -0.25) is 9.36 Å². The molecule has 1 aliphatic heterocycles. The number of hydrogen-bond donors (Lipinski definition) is 0. The largest absolute Gasteiger partial charge is 0.272 e. The highest BCUT2D eigenvalue weighted by Gasteiger charge is 2.28. The van der Waals surface area contributed by atoms with Crippen LogP contribution in [-0.2, 0) is 6.42 Å². The summed E-state index contributed by atoms with van der Waals surface area (Å²) < 4.78 is 1.83.